The van der Waals surface area contributed by atoms with Crippen molar-refractivity contribution >= 4 is 16.7 Å². The van der Waals surface area contributed by atoms with Crippen LogP contribution in [0.4, 0.5) is 5.69 Å². The summed E-state index contributed by atoms with van der Waals surface area (Å²) in [6, 6.07) is 7.08. The third-order valence-corrected chi connectivity index (χ3v) is 2.35. The zero-order chi connectivity index (χ0) is 11.5. The first-order chi connectivity index (χ1) is 7.70. The maximum absolute atomic E-state index is 11.2. The average Bonchev–Trinajstić information content (AvgIpc) is 2.25. The van der Waals surface area contributed by atoms with Crippen LogP contribution in [0.2, 0.25) is 0 Å². The van der Waals surface area contributed by atoms with Gasteiger partial charge in [0, 0.05) is 23.2 Å². The van der Waals surface area contributed by atoms with Gasteiger partial charge in [0.25, 0.3) is 0 Å². The van der Waals surface area contributed by atoms with Gasteiger partial charge in [0.05, 0.1) is 6.54 Å². The zero-order valence-electron chi connectivity index (χ0n) is 8.91. The van der Waals surface area contributed by atoms with E-state index in [9.17, 15) is 4.79 Å². The summed E-state index contributed by atoms with van der Waals surface area (Å²) in [5.74, 6) is 2.48. The van der Waals surface area contributed by atoms with E-state index in [1.807, 2.05) is 19.1 Å². The molecule has 0 aliphatic heterocycles. The first kappa shape index (κ1) is 10.3. The van der Waals surface area contributed by atoms with E-state index in [0.29, 0.717) is 12.1 Å². The maximum Gasteiger partial charge on any atom is 0.336 e. The van der Waals surface area contributed by atoms with E-state index in [0.717, 1.165) is 16.6 Å². The molecule has 1 aromatic heterocycles. The molecule has 0 saturated carbocycles. The first-order valence-electron chi connectivity index (χ1n) is 4.92. The van der Waals surface area contributed by atoms with E-state index in [1.165, 1.54) is 6.07 Å². The van der Waals surface area contributed by atoms with Crippen LogP contribution in [-0.4, -0.2) is 6.54 Å². The van der Waals surface area contributed by atoms with Crippen molar-refractivity contribution in [1.82, 2.24) is 0 Å². The molecule has 0 amide bonds. The topological polar surface area (TPSA) is 42.2 Å². The molecular weight excluding hydrogens is 202 g/mol. The lowest BCUT2D eigenvalue weighted by molar-refractivity contribution is 0.560. The predicted octanol–water partition coefficient (Wildman–Crippen LogP) is 2.15. The number of rotatable bonds is 2. The molecular formula is C13H11NO2. The van der Waals surface area contributed by atoms with E-state index in [2.05, 4.69) is 11.2 Å². The molecule has 0 saturated heterocycles. The Morgan fingerprint density at radius 1 is 1.44 bits per heavy atom. The highest BCUT2D eigenvalue weighted by molar-refractivity contribution is 5.83. The van der Waals surface area contributed by atoms with E-state index < -0.39 is 0 Å². The fourth-order valence-electron chi connectivity index (χ4n) is 1.59. The second-order valence-corrected chi connectivity index (χ2v) is 3.52. The van der Waals surface area contributed by atoms with Crippen LogP contribution in [0.5, 0.6) is 0 Å². The quantitative estimate of drug-likeness (QED) is 0.614. The molecule has 2 aromatic rings. The van der Waals surface area contributed by atoms with E-state index in [4.69, 9.17) is 10.8 Å². The normalized spacial score (nSPS) is 10.0. The van der Waals surface area contributed by atoms with Gasteiger partial charge in [-0.3, -0.25) is 0 Å². The van der Waals surface area contributed by atoms with Crippen LogP contribution in [0.15, 0.2) is 33.5 Å². The Morgan fingerprint density at radius 3 is 3.00 bits per heavy atom. The molecule has 0 fully saturated rings. The van der Waals surface area contributed by atoms with Crippen molar-refractivity contribution in [2.45, 2.75) is 6.92 Å². The van der Waals surface area contributed by atoms with Gasteiger partial charge >= 0.3 is 5.63 Å². The van der Waals surface area contributed by atoms with Crippen molar-refractivity contribution in [2.24, 2.45) is 0 Å². The van der Waals surface area contributed by atoms with Crippen LogP contribution in [0.25, 0.3) is 11.0 Å². The summed E-state index contributed by atoms with van der Waals surface area (Å²) in [5.41, 5.74) is 2.00. The molecule has 0 aliphatic carbocycles. The Bertz CT molecular complexity index is 620. The monoisotopic (exact) mass is 213 g/mol. The van der Waals surface area contributed by atoms with Crippen molar-refractivity contribution in [3.8, 4) is 12.3 Å². The SMILES string of the molecule is C#CCNc1ccc2c(C)cc(=O)oc2c1. The number of hydrogen-bond donors (Lipinski definition) is 1. The minimum Gasteiger partial charge on any atom is -0.423 e. The van der Waals surface area contributed by atoms with Crippen LogP contribution in [0.1, 0.15) is 5.56 Å². The Balaban J connectivity index is 2.54. The fraction of sp³-hybridized carbons (Fsp3) is 0.154. The molecule has 1 N–H and O–H groups in total. The minimum absolute atomic E-state index is 0.334. The minimum atomic E-state index is -0.334. The van der Waals surface area contributed by atoms with Gasteiger partial charge in [0.15, 0.2) is 0 Å². The molecule has 0 atom stereocenters. The average molecular weight is 213 g/mol. The molecule has 1 aromatic carbocycles. The summed E-state index contributed by atoms with van der Waals surface area (Å²) in [6.07, 6.45) is 5.15. The number of hydrogen-bond acceptors (Lipinski definition) is 3. The number of nitrogens with one attached hydrogen (secondary N) is 1. The van der Waals surface area contributed by atoms with E-state index >= 15 is 0 Å². The number of aryl methyl sites for hydroxylation is 1. The lowest BCUT2D eigenvalue weighted by atomic mass is 10.1. The summed E-state index contributed by atoms with van der Waals surface area (Å²) in [4.78, 5) is 11.2. The van der Waals surface area contributed by atoms with E-state index in [-0.39, 0.29) is 5.63 Å². The lowest BCUT2D eigenvalue weighted by Gasteiger charge is -2.04. The Hall–Kier alpha value is -2.21. The van der Waals surface area contributed by atoms with Gasteiger partial charge in [-0.2, -0.15) is 0 Å². The summed E-state index contributed by atoms with van der Waals surface area (Å²) >= 11 is 0. The summed E-state index contributed by atoms with van der Waals surface area (Å²) < 4.78 is 5.12. The molecule has 0 bridgehead atoms. The lowest BCUT2D eigenvalue weighted by Crippen LogP contribution is -2.00. The van der Waals surface area contributed by atoms with Crippen LogP contribution in [-0.2, 0) is 0 Å². The number of terminal acetylenes is 1. The van der Waals surface area contributed by atoms with Crippen LogP contribution in [0.3, 0.4) is 0 Å². The van der Waals surface area contributed by atoms with Crippen molar-refractivity contribution < 1.29 is 4.42 Å². The van der Waals surface area contributed by atoms with Gasteiger partial charge < -0.3 is 9.73 Å². The predicted molar refractivity (Wildman–Crippen MR) is 64.5 cm³/mol. The summed E-state index contributed by atoms with van der Waals surface area (Å²) in [5, 5.41) is 3.96. The Kier molecular flexibility index (Phi) is 2.65. The third-order valence-electron chi connectivity index (χ3n) is 2.35. The molecule has 0 unspecified atom stereocenters. The van der Waals surface area contributed by atoms with Gasteiger partial charge in [-0.25, -0.2) is 4.79 Å². The number of anilines is 1. The van der Waals surface area contributed by atoms with Gasteiger partial charge in [-0.05, 0) is 24.6 Å². The first-order valence-corrected chi connectivity index (χ1v) is 4.92. The summed E-state index contributed by atoms with van der Waals surface area (Å²) in [6.45, 7) is 2.33. The van der Waals surface area contributed by atoms with Crippen molar-refractivity contribution in [3.63, 3.8) is 0 Å². The molecule has 2 rings (SSSR count). The van der Waals surface area contributed by atoms with Gasteiger partial charge in [-0.1, -0.05) is 5.92 Å². The molecule has 3 nitrogen and oxygen atoms in total. The fourth-order valence-corrected chi connectivity index (χ4v) is 1.59. The molecule has 16 heavy (non-hydrogen) atoms. The number of fused-ring (bicyclic) bond motifs is 1. The smallest absolute Gasteiger partial charge is 0.336 e. The molecule has 0 spiro atoms. The standard InChI is InChI=1S/C13H11NO2/c1-3-6-14-10-4-5-11-9(2)7-13(15)16-12(11)8-10/h1,4-5,7-8,14H,6H2,2H3. The highest BCUT2D eigenvalue weighted by Gasteiger charge is 2.02. The van der Waals surface area contributed by atoms with Crippen LogP contribution in [0, 0.1) is 19.3 Å². The molecule has 0 aliphatic rings. The molecule has 0 radical (unpaired) electrons. The van der Waals surface area contributed by atoms with E-state index in [1.54, 1.807) is 6.07 Å². The van der Waals surface area contributed by atoms with Crippen molar-refractivity contribution in [1.29, 1.82) is 0 Å². The number of benzene rings is 1. The highest BCUT2D eigenvalue weighted by atomic mass is 16.4. The largest absolute Gasteiger partial charge is 0.423 e. The molecule has 80 valence electrons. The van der Waals surface area contributed by atoms with Crippen LogP contribution >= 0.6 is 0 Å². The van der Waals surface area contributed by atoms with Gasteiger partial charge in [0.1, 0.15) is 5.58 Å². The van der Waals surface area contributed by atoms with Gasteiger partial charge in [-0.15, -0.1) is 6.42 Å². The highest BCUT2D eigenvalue weighted by Crippen LogP contribution is 2.20. The second kappa shape index (κ2) is 4.11. The molecule has 1 heterocycles. The third kappa shape index (κ3) is 1.91. The molecule has 3 heteroatoms. The summed E-state index contributed by atoms with van der Waals surface area (Å²) in [7, 11) is 0. The zero-order valence-corrected chi connectivity index (χ0v) is 8.91. The Morgan fingerprint density at radius 2 is 2.25 bits per heavy atom. The van der Waals surface area contributed by atoms with Crippen molar-refractivity contribution in [3.05, 3.63) is 40.2 Å². The Labute approximate surface area is 93.1 Å². The van der Waals surface area contributed by atoms with Gasteiger partial charge in [0.2, 0.25) is 0 Å². The second-order valence-electron chi connectivity index (χ2n) is 3.52. The van der Waals surface area contributed by atoms with Crippen molar-refractivity contribution in [2.75, 3.05) is 11.9 Å². The maximum atomic E-state index is 11.2. The van der Waals surface area contributed by atoms with Crippen LogP contribution < -0.4 is 10.9 Å².